The van der Waals surface area contributed by atoms with Crippen molar-refractivity contribution in [1.29, 1.82) is 0 Å². The van der Waals surface area contributed by atoms with Gasteiger partial charge in [-0.15, -0.1) is 10.2 Å². The summed E-state index contributed by atoms with van der Waals surface area (Å²) in [7, 11) is 1.94. The second-order valence-corrected chi connectivity index (χ2v) is 3.30. The summed E-state index contributed by atoms with van der Waals surface area (Å²) in [4.78, 5) is 2.24. The molecule has 0 fully saturated rings. The van der Waals surface area contributed by atoms with Crippen LogP contribution >= 0.6 is 0 Å². The van der Waals surface area contributed by atoms with E-state index in [4.69, 9.17) is 5.11 Å². The third kappa shape index (κ3) is 3.08. The molecule has 0 spiro atoms. The maximum absolute atomic E-state index is 8.73. The van der Waals surface area contributed by atoms with Gasteiger partial charge in [-0.05, 0) is 13.0 Å². The van der Waals surface area contributed by atoms with Gasteiger partial charge in [0.05, 0.1) is 6.54 Å². The van der Waals surface area contributed by atoms with E-state index in [9.17, 15) is 0 Å². The van der Waals surface area contributed by atoms with Crippen molar-refractivity contribution in [3.05, 3.63) is 12.2 Å². The van der Waals surface area contributed by atoms with E-state index in [0.29, 0.717) is 0 Å². The summed E-state index contributed by atoms with van der Waals surface area (Å²) in [5, 5.41) is 16.6. The highest BCUT2D eigenvalue weighted by molar-refractivity contribution is 4.83. The van der Waals surface area contributed by atoms with Gasteiger partial charge in [0, 0.05) is 20.2 Å². The number of aliphatic hydroxyl groups excluding tert-OH is 1. The van der Waals surface area contributed by atoms with Crippen LogP contribution in [-0.2, 0) is 13.6 Å². The van der Waals surface area contributed by atoms with Crippen LogP contribution in [0.5, 0.6) is 0 Å². The quantitative estimate of drug-likeness (QED) is 0.700. The van der Waals surface area contributed by atoms with Crippen molar-refractivity contribution in [2.45, 2.75) is 19.9 Å². The number of nitrogens with zero attached hydrogens (tertiary/aromatic N) is 4. The second-order valence-electron chi connectivity index (χ2n) is 3.30. The third-order valence-electron chi connectivity index (χ3n) is 2.25. The first-order chi connectivity index (χ1) is 6.77. The van der Waals surface area contributed by atoms with E-state index >= 15 is 0 Å². The van der Waals surface area contributed by atoms with E-state index in [2.05, 4.69) is 22.0 Å². The first-order valence-corrected chi connectivity index (χ1v) is 4.94. The van der Waals surface area contributed by atoms with Crippen LogP contribution in [0.4, 0.5) is 0 Å². The Morgan fingerprint density at radius 3 is 2.86 bits per heavy atom. The number of aliphatic hydroxyl groups is 1. The summed E-state index contributed by atoms with van der Waals surface area (Å²) >= 11 is 0. The summed E-state index contributed by atoms with van der Waals surface area (Å²) in [6.45, 7) is 5.02. The Morgan fingerprint density at radius 1 is 1.57 bits per heavy atom. The van der Waals surface area contributed by atoms with E-state index in [0.717, 1.165) is 31.9 Å². The van der Waals surface area contributed by atoms with Gasteiger partial charge in [0.25, 0.3) is 0 Å². The molecule has 0 aliphatic carbocycles. The monoisotopic (exact) mass is 198 g/mol. The Balaban J connectivity index is 2.44. The number of aromatic nitrogens is 3. The minimum atomic E-state index is 0.245. The first-order valence-electron chi connectivity index (χ1n) is 4.94. The second kappa shape index (κ2) is 5.72. The fraction of sp³-hybridized carbons (Fsp3) is 0.778. The maximum Gasteiger partial charge on any atom is 0.146 e. The Hall–Kier alpha value is -0.940. The molecule has 0 aliphatic rings. The molecule has 0 radical (unpaired) electrons. The average Bonchev–Trinajstić information content (AvgIpc) is 2.59. The summed E-state index contributed by atoms with van der Waals surface area (Å²) < 4.78 is 1.92. The maximum atomic E-state index is 8.73. The van der Waals surface area contributed by atoms with Crippen molar-refractivity contribution < 1.29 is 5.11 Å². The van der Waals surface area contributed by atoms with E-state index < -0.39 is 0 Å². The van der Waals surface area contributed by atoms with Crippen LogP contribution in [0.25, 0.3) is 0 Å². The van der Waals surface area contributed by atoms with E-state index in [1.807, 2.05) is 11.6 Å². The highest BCUT2D eigenvalue weighted by Crippen LogP contribution is 2.00. The van der Waals surface area contributed by atoms with Crippen LogP contribution in [-0.4, -0.2) is 44.5 Å². The zero-order valence-corrected chi connectivity index (χ0v) is 8.85. The number of hydrogen-bond acceptors (Lipinski definition) is 4. The summed E-state index contributed by atoms with van der Waals surface area (Å²) in [6, 6.07) is 0. The smallest absolute Gasteiger partial charge is 0.146 e. The van der Waals surface area contributed by atoms with Gasteiger partial charge >= 0.3 is 0 Å². The highest BCUT2D eigenvalue weighted by atomic mass is 16.3. The number of rotatable bonds is 6. The number of hydrogen-bond donors (Lipinski definition) is 1. The predicted octanol–water partition coefficient (Wildman–Crippen LogP) is 0.0194. The van der Waals surface area contributed by atoms with Gasteiger partial charge in [0.2, 0.25) is 0 Å². The minimum absolute atomic E-state index is 0.245. The molecule has 0 saturated carbocycles. The van der Waals surface area contributed by atoms with Gasteiger partial charge < -0.3 is 9.67 Å². The molecule has 1 N–H and O–H groups in total. The van der Waals surface area contributed by atoms with Crippen LogP contribution in [0.2, 0.25) is 0 Å². The fourth-order valence-corrected chi connectivity index (χ4v) is 1.29. The molecule has 0 unspecified atom stereocenters. The molecule has 0 bridgehead atoms. The molecule has 1 aromatic rings. The van der Waals surface area contributed by atoms with Crippen molar-refractivity contribution >= 4 is 0 Å². The van der Waals surface area contributed by atoms with Crippen molar-refractivity contribution in [3.8, 4) is 0 Å². The molecule has 0 atom stereocenters. The van der Waals surface area contributed by atoms with Crippen LogP contribution in [0.1, 0.15) is 19.2 Å². The molecule has 5 heteroatoms. The van der Waals surface area contributed by atoms with Gasteiger partial charge in [-0.25, -0.2) is 0 Å². The Bertz CT molecular complexity index is 261. The van der Waals surface area contributed by atoms with Gasteiger partial charge in [-0.3, -0.25) is 4.90 Å². The molecule has 80 valence electrons. The lowest BCUT2D eigenvalue weighted by Crippen LogP contribution is -2.26. The summed E-state index contributed by atoms with van der Waals surface area (Å²) in [5.41, 5.74) is 0. The SMILES string of the molecule is CCN(CCCO)Cc1nncn1C. The molecule has 0 saturated heterocycles. The van der Waals surface area contributed by atoms with E-state index in [-0.39, 0.29) is 6.61 Å². The van der Waals surface area contributed by atoms with Gasteiger partial charge in [-0.2, -0.15) is 0 Å². The van der Waals surface area contributed by atoms with Crippen LogP contribution in [0, 0.1) is 0 Å². The average molecular weight is 198 g/mol. The lowest BCUT2D eigenvalue weighted by atomic mass is 10.3. The molecule has 0 aromatic carbocycles. The lowest BCUT2D eigenvalue weighted by molar-refractivity contribution is 0.221. The molecule has 5 nitrogen and oxygen atoms in total. The van der Waals surface area contributed by atoms with Crippen molar-refractivity contribution in [3.63, 3.8) is 0 Å². The Labute approximate surface area is 84.4 Å². The molecule has 1 rings (SSSR count). The minimum Gasteiger partial charge on any atom is -0.396 e. The topological polar surface area (TPSA) is 54.2 Å². The highest BCUT2D eigenvalue weighted by Gasteiger charge is 2.06. The van der Waals surface area contributed by atoms with Crippen LogP contribution in [0.15, 0.2) is 6.33 Å². The Kier molecular flexibility index (Phi) is 4.55. The normalized spacial score (nSPS) is 11.1. The van der Waals surface area contributed by atoms with Gasteiger partial charge in [0.1, 0.15) is 12.2 Å². The van der Waals surface area contributed by atoms with Crippen molar-refractivity contribution in [2.24, 2.45) is 7.05 Å². The van der Waals surface area contributed by atoms with Gasteiger partial charge in [-0.1, -0.05) is 6.92 Å². The van der Waals surface area contributed by atoms with Gasteiger partial charge in [0.15, 0.2) is 0 Å². The van der Waals surface area contributed by atoms with Crippen molar-refractivity contribution in [1.82, 2.24) is 19.7 Å². The standard InChI is InChI=1S/C9H18N4O/c1-3-13(5-4-6-14)7-9-11-10-8-12(9)2/h8,14H,3-7H2,1-2H3. The molecule has 1 heterocycles. The first kappa shape index (κ1) is 11.1. The zero-order chi connectivity index (χ0) is 10.4. The Morgan fingerprint density at radius 2 is 2.36 bits per heavy atom. The molecular weight excluding hydrogens is 180 g/mol. The summed E-state index contributed by atoms with van der Waals surface area (Å²) in [6.07, 6.45) is 2.51. The molecule has 14 heavy (non-hydrogen) atoms. The third-order valence-corrected chi connectivity index (χ3v) is 2.25. The van der Waals surface area contributed by atoms with E-state index in [1.54, 1.807) is 6.33 Å². The molecule has 0 amide bonds. The largest absolute Gasteiger partial charge is 0.396 e. The van der Waals surface area contributed by atoms with E-state index in [1.165, 1.54) is 0 Å². The van der Waals surface area contributed by atoms with Crippen molar-refractivity contribution in [2.75, 3.05) is 19.7 Å². The molecular formula is C9H18N4O. The molecule has 1 aromatic heterocycles. The number of aryl methyl sites for hydroxylation is 1. The zero-order valence-electron chi connectivity index (χ0n) is 8.85. The fourth-order valence-electron chi connectivity index (χ4n) is 1.29. The molecule has 0 aliphatic heterocycles. The lowest BCUT2D eigenvalue weighted by Gasteiger charge is -2.18. The predicted molar refractivity (Wildman–Crippen MR) is 53.7 cm³/mol. The van der Waals surface area contributed by atoms with Crippen LogP contribution < -0.4 is 0 Å². The van der Waals surface area contributed by atoms with Crippen LogP contribution in [0.3, 0.4) is 0 Å². The summed E-state index contributed by atoms with van der Waals surface area (Å²) in [5.74, 6) is 0.963.